The van der Waals surface area contributed by atoms with Crippen LogP contribution in [0, 0.1) is 12.8 Å². The minimum Gasteiger partial charge on any atom is -0.398 e. The van der Waals surface area contributed by atoms with E-state index in [0.29, 0.717) is 23.0 Å². The van der Waals surface area contributed by atoms with Crippen LogP contribution in [0.25, 0.3) is 0 Å². The topological polar surface area (TPSA) is 63.4 Å². The molecule has 21 heavy (non-hydrogen) atoms. The number of nitrogens with zero attached hydrogens (tertiary/aromatic N) is 1. The SMILES string of the molecule is Cc1ccc(S(=O)(=O)N2CCCC3CCCCC32)cc1N. The maximum Gasteiger partial charge on any atom is 0.243 e. The number of fused-ring (bicyclic) bond motifs is 1. The summed E-state index contributed by atoms with van der Waals surface area (Å²) < 4.78 is 27.7. The quantitative estimate of drug-likeness (QED) is 0.854. The van der Waals surface area contributed by atoms with Gasteiger partial charge in [-0.25, -0.2) is 8.42 Å². The van der Waals surface area contributed by atoms with E-state index in [0.717, 1.165) is 24.8 Å². The average Bonchev–Trinajstić information content (AvgIpc) is 2.49. The molecule has 0 aromatic heterocycles. The Bertz CT molecular complexity index is 625. The molecule has 2 unspecified atom stereocenters. The number of aryl methyl sites for hydroxylation is 1. The number of rotatable bonds is 2. The molecular weight excluding hydrogens is 284 g/mol. The molecule has 116 valence electrons. The number of hydrogen-bond acceptors (Lipinski definition) is 3. The van der Waals surface area contributed by atoms with Crippen LogP contribution in [0.4, 0.5) is 5.69 Å². The van der Waals surface area contributed by atoms with Crippen molar-refractivity contribution in [2.24, 2.45) is 5.92 Å². The van der Waals surface area contributed by atoms with Crippen molar-refractivity contribution in [3.63, 3.8) is 0 Å². The van der Waals surface area contributed by atoms with E-state index in [-0.39, 0.29) is 6.04 Å². The fraction of sp³-hybridized carbons (Fsp3) is 0.625. The lowest BCUT2D eigenvalue weighted by Gasteiger charge is -2.43. The van der Waals surface area contributed by atoms with Crippen molar-refractivity contribution in [2.75, 3.05) is 12.3 Å². The summed E-state index contributed by atoms with van der Waals surface area (Å²) in [5, 5.41) is 0. The monoisotopic (exact) mass is 308 g/mol. The van der Waals surface area contributed by atoms with Gasteiger partial charge >= 0.3 is 0 Å². The molecule has 1 saturated heterocycles. The van der Waals surface area contributed by atoms with E-state index < -0.39 is 10.0 Å². The minimum absolute atomic E-state index is 0.194. The van der Waals surface area contributed by atoms with E-state index in [1.165, 1.54) is 19.3 Å². The number of nitrogen functional groups attached to an aromatic ring is 1. The zero-order valence-corrected chi connectivity index (χ0v) is 13.4. The Morgan fingerprint density at radius 1 is 1.14 bits per heavy atom. The second kappa shape index (κ2) is 5.61. The molecular formula is C16H24N2O2S. The van der Waals surface area contributed by atoms with Gasteiger partial charge in [-0.3, -0.25) is 0 Å². The van der Waals surface area contributed by atoms with E-state index in [9.17, 15) is 8.42 Å². The highest BCUT2D eigenvalue weighted by Crippen LogP contribution is 2.38. The maximum absolute atomic E-state index is 13.0. The summed E-state index contributed by atoms with van der Waals surface area (Å²) in [5.41, 5.74) is 7.36. The first kappa shape index (κ1) is 14.9. The Morgan fingerprint density at radius 3 is 2.62 bits per heavy atom. The van der Waals surface area contributed by atoms with Gasteiger partial charge in [0.2, 0.25) is 10.0 Å². The van der Waals surface area contributed by atoms with Gasteiger partial charge in [-0.15, -0.1) is 0 Å². The molecule has 1 aromatic rings. The number of benzene rings is 1. The summed E-state index contributed by atoms with van der Waals surface area (Å²) in [7, 11) is -3.42. The lowest BCUT2D eigenvalue weighted by molar-refractivity contribution is 0.129. The molecule has 2 atom stereocenters. The van der Waals surface area contributed by atoms with Gasteiger partial charge in [0, 0.05) is 18.3 Å². The van der Waals surface area contributed by atoms with Crippen LogP contribution in [0.2, 0.25) is 0 Å². The molecule has 1 saturated carbocycles. The second-order valence-corrected chi connectivity index (χ2v) is 8.28. The Balaban J connectivity index is 1.94. The molecule has 5 heteroatoms. The molecule has 3 rings (SSSR count). The first-order valence-corrected chi connectivity index (χ1v) is 9.32. The van der Waals surface area contributed by atoms with Gasteiger partial charge in [0.25, 0.3) is 0 Å². The Morgan fingerprint density at radius 2 is 1.86 bits per heavy atom. The maximum atomic E-state index is 13.0. The number of sulfonamides is 1. The number of piperidine rings is 1. The highest BCUT2D eigenvalue weighted by atomic mass is 32.2. The van der Waals surface area contributed by atoms with Crippen LogP contribution < -0.4 is 5.73 Å². The molecule has 0 radical (unpaired) electrons. The van der Waals surface area contributed by atoms with Crippen LogP contribution in [0.1, 0.15) is 44.1 Å². The molecule has 0 amide bonds. The van der Waals surface area contributed by atoms with Crippen LogP contribution in [-0.4, -0.2) is 25.3 Å². The van der Waals surface area contributed by atoms with E-state index in [1.807, 2.05) is 6.92 Å². The number of nitrogens with two attached hydrogens (primary N) is 1. The zero-order valence-electron chi connectivity index (χ0n) is 12.6. The van der Waals surface area contributed by atoms with Crippen LogP contribution in [0.5, 0.6) is 0 Å². The first-order chi connectivity index (χ1) is 10.00. The molecule has 2 fully saturated rings. The van der Waals surface area contributed by atoms with E-state index in [2.05, 4.69) is 0 Å². The fourth-order valence-corrected chi connectivity index (χ4v) is 5.58. The van der Waals surface area contributed by atoms with Gasteiger partial charge in [-0.1, -0.05) is 18.9 Å². The van der Waals surface area contributed by atoms with E-state index in [4.69, 9.17) is 5.73 Å². The molecule has 0 bridgehead atoms. The van der Waals surface area contributed by atoms with Gasteiger partial charge in [0.1, 0.15) is 0 Å². The van der Waals surface area contributed by atoms with Gasteiger partial charge in [0.05, 0.1) is 4.90 Å². The van der Waals surface area contributed by atoms with Crippen molar-refractivity contribution >= 4 is 15.7 Å². The molecule has 2 N–H and O–H groups in total. The molecule has 1 aromatic carbocycles. The van der Waals surface area contributed by atoms with Crippen molar-refractivity contribution < 1.29 is 8.42 Å². The van der Waals surface area contributed by atoms with Gasteiger partial charge < -0.3 is 5.73 Å². The lowest BCUT2D eigenvalue weighted by atomic mass is 9.79. The predicted molar refractivity (Wildman–Crippen MR) is 84.5 cm³/mol. The molecule has 0 spiro atoms. The van der Waals surface area contributed by atoms with Crippen LogP contribution in [0.15, 0.2) is 23.1 Å². The second-order valence-electron chi connectivity index (χ2n) is 6.39. The summed E-state index contributed by atoms with van der Waals surface area (Å²) in [5.74, 6) is 0.546. The number of hydrogen-bond donors (Lipinski definition) is 1. The smallest absolute Gasteiger partial charge is 0.243 e. The zero-order chi connectivity index (χ0) is 15.0. The third-order valence-corrected chi connectivity index (χ3v) is 6.97. The summed E-state index contributed by atoms with van der Waals surface area (Å²) in [6.45, 7) is 2.54. The van der Waals surface area contributed by atoms with Gasteiger partial charge in [-0.2, -0.15) is 4.31 Å². The first-order valence-electron chi connectivity index (χ1n) is 7.88. The summed E-state index contributed by atoms with van der Waals surface area (Å²) >= 11 is 0. The molecule has 1 aliphatic carbocycles. The Labute approximate surface area is 127 Å². The minimum atomic E-state index is -3.42. The van der Waals surface area contributed by atoms with Gasteiger partial charge in [-0.05, 0) is 56.2 Å². The average molecular weight is 308 g/mol. The van der Waals surface area contributed by atoms with Crippen LogP contribution in [0.3, 0.4) is 0 Å². The highest BCUT2D eigenvalue weighted by molar-refractivity contribution is 7.89. The fourth-order valence-electron chi connectivity index (χ4n) is 3.79. The van der Waals surface area contributed by atoms with Crippen molar-refractivity contribution in [1.29, 1.82) is 0 Å². The van der Waals surface area contributed by atoms with E-state index >= 15 is 0 Å². The van der Waals surface area contributed by atoms with Crippen LogP contribution in [-0.2, 0) is 10.0 Å². The highest BCUT2D eigenvalue weighted by Gasteiger charge is 2.39. The summed E-state index contributed by atoms with van der Waals surface area (Å²) in [6.07, 6.45) is 6.71. The van der Waals surface area contributed by atoms with Crippen molar-refractivity contribution in [1.82, 2.24) is 4.31 Å². The van der Waals surface area contributed by atoms with Gasteiger partial charge in [0.15, 0.2) is 0 Å². The Hall–Kier alpha value is -1.07. The molecule has 4 nitrogen and oxygen atoms in total. The summed E-state index contributed by atoms with van der Waals surface area (Å²) in [4.78, 5) is 0.344. The van der Waals surface area contributed by atoms with Crippen molar-refractivity contribution in [2.45, 2.75) is 56.4 Å². The molecule has 1 heterocycles. The lowest BCUT2D eigenvalue weighted by Crippen LogP contribution is -2.49. The Kier molecular flexibility index (Phi) is 3.97. The predicted octanol–water partition coefficient (Wildman–Crippen LogP) is 2.92. The molecule has 2 aliphatic rings. The largest absolute Gasteiger partial charge is 0.398 e. The van der Waals surface area contributed by atoms with Crippen molar-refractivity contribution in [3.05, 3.63) is 23.8 Å². The standard InChI is InChI=1S/C16H24N2O2S/c1-12-8-9-14(11-15(12)17)21(19,20)18-10-4-6-13-5-2-3-7-16(13)18/h8-9,11,13,16H,2-7,10,17H2,1H3. The van der Waals surface area contributed by atoms with E-state index in [1.54, 1.807) is 22.5 Å². The summed E-state index contributed by atoms with van der Waals surface area (Å²) in [6, 6.07) is 5.29. The third kappa shape index (κ3) is 2.69. The molecule has 1 aliphatic heterocycles. The van der Waals surface area contributed by atoms with Crippen molar-refractivity contribution in [3.8, 4) is 0 Å². The normalized spacial score (nSPS) is 27.3. The number of anilines is 1. The third-order valence-electron chi connectivity index (χ3n) is 5.05. The van der Waals surface area contributed by atoms with Crippen LogP contribution >= 0.6 is 0 Å².